The maximum absolute atomic E-state index is 6.16. The summed E-state index contributed by atoms with van der Waals surface area (Å²) in [7, 11) is -1.03. The molecule has 0 amide bonds. The van der Waals surface area contributed by atoms with Crippen LogP contribution in [0.4, 0.5) is 0 Å². The van der Waals surface area contributed by atoms with Crippen LogP contribution in [-0.4, -0.2) is 13.1 Å². The molecule has 10 heavy (non-hydrogen) atoms. The van der Waals surface area contributed by atoms with Crippen molar-refractivity contribution in [2.24, 2.45) is 0 Å². The van der Waals surface area contributed by atoms with Crippen LogP contribution in [0.15, 0.2) is 0 Å². The molecule has 0 aromatic carbocycles. The van der Waals surface area contributed by atoms with Crippen molar-refractivity contribution >= 4 is 19.7 Å². The minimum Gasteiger partial charge on any atom is -0.127 e. The molecule has 0 aliphatic heterocycles. The van der Waals surface area contributed by atoms with Crippen molar-refractivity contribution in [3.63, 3.8) is 0 Å². The standard InChI is InChI=1S/C8H19ClSi/c1-5-10(6-2,7-3)8(4)9/h8H,5-7H2,1-4H3. The van der Waals surface area contributed by atoms with E-state index >= 15 is 0 Å². The molecule has 0 aliphatic carbocycles. The van der Waals surface area contributed by atoms with E-state index in [-0.39, 0.29) is 0 Å². The lowest BCUT2D eigenvalue weighted by atomic mass is 10.9. The Bertz CT molecular complexity index is 79.0. The van der Waals surface area contributed by atoms with Gasteiger partial charge in [0.15, 0.2) is 0 Å². The van der Waals surface area contributed by atoms with E-state index in [1.807, 2.05) is 0 Å². The average molecular weight is 179 g/mol. The molecule has 1 unspecified atom stereocenters. The highest BCUT2D eigenvalue weighted by Gasteiger charge is 2.31. The molecule has 0 spiro atoms. The average Bonchev–Trinajstić information content (AvgIpc) is 1.92. The minimum atomic E-state index is -1.03. The lowest BCUT2D eigenvalue weighted by Crippen LogP contribution is -2.40. The monoisotopic (exact) mass is 178 g/mol. The van der Waals surface area contributed by atoms with E-state index in [2.05, 4.69) is 27.7 Å². The Morgan fingerprint density at radius 3 is 1.40 bits per heavy atom. The van der Waals surface area contributed by atoms with Gasteiger partial charge in [-0.1, -0.05) is 45.8 Å². The Morgan fingerprint density at radius 1 is 1.10 bits per heavy atom. The van der Waals surface area contributed by atoms with Crippen molar-refractivity contribution in [2.45, 2.75) is 50.8 Å². The summed E-state index contributed by atoms with van der Waals surface area (Å²) in [5, 5.41) is 0.451. The molecule has 0 heterocycles. The second-order valence-corrected chi connectivity index (χ2v) is 9.77. The van der Waals surface area contributed by atoms with Crippen LogP contribution in [0.3, 0.4) is 0 Å². The number of hydrogen-bond donors (Lipinski definition) is 0. The Morgan fingerprint density at radius 2 is 1.40 bits per heavy atom. The third kappa shape index (κ3) is 1.99. The fourth-order valence-corrected chi connectivity index (χ4v) is 6.17. The Labute approximate surface area is 71.0 Å². The van der Waals surface area contributed by atoms with E-state index in [9.17, 15) is 0 Å². The first-order valence-electron chi connectivity index (χ1n) is 4.27. The Hall–Kier alpha value is 0.507. The van der Waals surface area contributed by atoms with Crippen LogP contribution < -0.4 is 0 Å². The first-order chi connectivity index (χ1) is 4.63. The van der Waals surface area contributed by atoms with Gasteiger partial charge < -0.3 is 0 Å². The van der Waals surface area contributed by atoms with Gasteiger partial charge in [-0.2, -0.15) is 0 Å². The Balaban J connectivity index is 4.15. The molecule has 62 valence electrons. The van der Waals surface area contributed by atoms with Gasteiger partial charge in [-0.15, -0.1) is 11.6 Å². The van der Waals surface area contributed by atoms with Crippen molar-refractivity contribution < 1.29 is 0 Å². The molecule has 1 atom stereocenters. The molecule has 2 heteroatoms. The molecule has 0 saturated carbocycles. The Kier molecular flexibility index (Phi) is 4.62. The number of alkyl halides is 1. The molecular weight excluding hydrogens is 160 g/mol. The van der Waals surface area contributed by atoms with Gasteiger partial charge in [-0.05, 0) is 0 Å². The van der Waals surface area contributed by atoms with Crippen LogP contribution in [0.25, 0.3) is 0 Å². The van der Waals surface area contributed by atoms with Gasteiger partial charge >= 0.3 is 0 Å². The van der Waals surface area contributed by atoms with E-state index in [1.165, 1.54) is 18.1 Å². The highest BCUT2D eigenvalue weighted by atomic mass is 35.5. The zero-order valence-electron chi connectivity index (χ0n) is 7.58. The summed E-state index contributed by atoms with van der Waals surface area (Å²) in [6.45, 7) is 9.04. The first-order valence-corrected chi connectivity index (χ1v) is 7.40. The van der Waals surface area contributed by atoms with Crippen LogP contribution in [-0.2, 0) is 0 Å². The smallest absolute Gasteiger partial charge is 0.0728 e. The topological polar surface area (TPSA) is 0 Å². The number of halogens is 1. The van der Waals surface area contributed by atoms with Crippen LogP contribution >= 0.6 is 11.6 Å². The molecule has 0 radical (unpaired) electrons. The summed E-state index contributed by atoms with van der Waals surface area (Å²) < 4.78 is 0. The molecule has 0 rings (SSSR count). The summed E-state index contributed by atoms with van der Waals surface area (Å²) in [4.78, 5) is 0. The van der Waals surface area contributed by atoms with Crippen molar-refractivity contribution in [1.82, 2.24) is 0 Å². The quantitative estimate of drug-likeness (QED) is 0.456. The van der Waals surface area contributed by atoms with Gasteiger partial charge in [0.05, 0.1) is 8.07 Å². The summed E-state index contributed by atoms with van der Waals surface area (Å²) in [5.41, 5.74) is 0. The van der Waals surface area contributed by atoms with Crippen LogP contribution in [0, 0.1) is 0 Å². The molecule has 0 bridgehead atoms. The van der Waals surface area contributed by atoms with Crippen LogP contribution in [0.1, 0.15) is 27.7 Å². The summed E-state index contributed by atoms with van der Waals surface area (Å²) in [6, 6.07) is 4.01. The van der Waals surface area contributed by atoms with Gasteiger partial charge in [0.2, 0.25) is 0 Å². The predicted octanol–water partition coefficient (Wildman–Crippen LogP) is 3.66. The summed E-state index contributed by atoms with van der Waals surface area (Å²) in [6.07, 6.45) is 0. The molecule has 0 aromatic heterocycles. The maximum atomic E-state index is 6.16. The van der Waals surface area contributed by atoms with Crippen molar-refractivity contribution in [3.05, 3.63) is 0 Å². The minimum absolute atomic E-state index is 0.451. The summed E-state index contributed by atoms with van der Waals surface area (Å²) >= 11 is 6.16. The van der Waals surface area contributed by atoms with Gasteiger partial charge in [-0.25, -0.2) is 0 Å². The molecular formula is C8H19ClSi. The van der Waals surface area contributed by atoms with E-state index in [1.54, 1.807) is 0 Å². The number of hydrogen-bond acceptors (Lipinski definition) is 0. The largest absolute Gasteiger partial charge is 0.127 e. The fraction of sp³-hybridized carbons (Fsp3) is 1.00. The third-order valence-corrected chi connectivity index (χ3v) is 10.3. The molecule has 0 aromatic rings. The maximum Gasteiger partial charge on any atom is 0.0728 e. The van der Waals surface area contributed by atoms with Gasteiger partial charge in [0, 0.05) is 5.00 Å². The van der Waals surface area contributed by atoms with Gasteiger partial charge in [-0.3, -0.25) is 0 Å². The fourth-order valence-electron chi connectivity index (χ4n) is 1.59. The van der Waals surface area contributed by atoms with Crippen LogP contribution in [0.2, 0.25) is 18.1 Å². The lowest BCUT2D eigenvalue weighted by Gasteiger charge is -2.30. The number of rotatable bonds is 4. The van der Waals surface area contributed by atoms with E-state index in [0.717, 1.165) is 0 Å². The zero-order valence-corrected chi connectivity index (χ0v) is 9.33. The second-order valence-electron chi connectivity index (χ2n) is 3.04. The zero-order chi connectivity index (χ0) is 8.20. The molecule has 0 aliphatic rings. The SMILES string of the molecule is CC[Si](CC)(CC)C(C)Cl. The van der Waals surface area contributed by atoms with Crippen LogP contribution in [0.5, 0.6) is 0 Å². The predicted molar refractivity (Wildman–Crippen MR) is 52.5 cm³/mol. The molecule has 0 fully saturated rings. The third-order valence-electron chi connectivity index (χ3n) is 2.96. The van der Waals surface area contributed by atoms with E-state index in [4.69, 9.17) is 11.6 Å². The van der Waals surface area contributed by atoms with Crippen molar-refractivity contribution in [1.29, 1.82) is 0 Å². The van der Waals surface area contributed by atoms with Crippen molar-refractivity contribution in [2.75, 3.05) is 0 Å². The van der Waals surface area contributed by atoms with E-state index < -0.39 is 8.07 Å². The van der Waals surface area contributed by atoms with Crippen molar-refractivity contribution in [3.8, 4) is 0 Å². The summed E-state index contributed by atoms with van der Waals surface area (Å²) in [5.74, 6) is 0. The van der Waals surface area contributed by atoms with Gasteiger partial charge in [0.1, 0.15) is 0 Å². The second kappa shape index (κ2) is 4.40. The van der Waals surface area contributed by atoms with Gasteiger partial charge in [0.25, 0.3) is 0 Å². The highest BCUT2D eigenvalue weighted by molar-refractivity contribution is 6.86. The normalized spacial score (nSPS) is 15.3. The molecule has 0 saturated heterocycles. The molecule has 0 nitrogen and oxygen atoms in total. The first kappa shape index (κ1) is 10.5. The lowest BCUT2D eigenvalue weighted by molar-refractivity contribution is 1.08. The van der Waals surface area contributed by atoms with E-state index in [0.29, 0.717) is 5.00 Å². The highest BCUT2D eigenvalue weighted by Crippen LogP contribution is 2.27. The molecule has 0 N–H and O–H groups in total.